The van der Waals surface area contributed by atoms with Crippen LogP contribution in [0.25, 0.3) is 11.3 Å². The maximum Gasteiger partial charge on any atom is 0.356 e. The van der Waals surface area contributed by atoms with Crippen molar-refractivity contribution in [1.82, 2.24) is 4.98 Å². The van der Waals surface area contributed by atoms with Gasteiger partial charge < -0.3 is 14.6 Å². The standard InChI is InChI=1S/C20H16ClNO4/c1-25-20(24)16-9-10-17(23)19(22-16)14-7-8-15(21)18(11-14)26-12-13-5-3-2-4-6-13/h2-11,23H,12H2,1H3. The summed E-state index contributed by atoms with van der Waals surface area (Å²) in [6.45, 7) is 0.353. The van der Waals surface area contributed by atoms with E-state index >= 15 is 0 Å². The number of nitrogens with zero attached hydrogens (tertiary/aromatic N) is 1. The average molecular weight is 370 g/mol. The van der Waals surface area contributed by atoms with Crippen LogP contribution in [0.4, 0.5) is 0 Å². The SMILES string of the molecule is COC(=O)c1ccc(O)c(-c2ccc(Cl)c(OCc3ccccc3)c2)n1. The lowest BCUT2D eigenvalue weighted by molar-refractivity contribution is 0.0594. The van der Waals surface area contributed by atoms with E-state index in [0.717, 1.165) is 5.56 Å². The second-order valence-corrected chi connectivity index (χ2v) is 5.88. The van der Waals surface area contributed by atoms with Gasteiger partial charge in [-0.2, -0.15) is 0 Å². The second kappa shape index (κ2) is 7.89. The van der Waals surface area contributed by atoms with Gasteiger partial charge in [0.1, 0.15) is 29.5 Å². The molecular weight excluding hydrogens is 354 g/mol. The monoisotopic (exact) mass is 369 g/mol. The number of hydrogen-bond acceptors (Lipinski definition) is 5. The van der Waals surface area contributed by atoms with Gasteiger partial charge in [0.2, 0.25) is 0 Å². The molecule has 0 amide bonds. The number of aromatic hydroxyl groups is 1. The lowest BCUT2D eigenvalue weighted by Gasteiger charge is -2.11. The average Bonchev–Trinajstić information content (AvgIpc) is 2.68. The molecule has 6 heteroatoms. The zero-order chi connectivity index (χ0) is 18.5. The highest BCUT2D eigenvalue weighted by Crippen LogP contribution is 2.34. The van der Waals surface area contributed by atoms with Gasteiger partial charge in [0.15, 0.2) is 0 Å². The van der Waals surface area contributed by atoms with Crippen LogP contribution >= 0.6 is 11.6 Å². The van der Waals surface area contributed by atoms with Gasteiger partial charge in [-0.05, 0) is 29.8 Å². The van der Waals surface area contributed by atoms with Crippen molar-refractivity contribution < 1.29 is 19.4 Å². The van der Waals surface area contributed by atoms with E-state index in [1.54, 1.807) is 18.2 Å². The minimum absolute atomic E-state index is 0.0611. The topological polar surface area (TPSA) is 68.7 Å². The number of rotatable bonds is 5. The highest BCUT2D eigenvalue weighted by Gasteiger charge is 2.14. The summed E-state index contributed by atoms with van der Waals surface area (Å²) in [6.07, 6.45) is 0. The van der Waals surface area contributed by atoms with E-state index in [4.69, 9.17) is 16.3 Å². The van der Waals surface area contributed by atoms with Crippen LogP contribution in [0.2, 0.25) is 5.02 Å². The number of hydrogen-bond donors (Lipinski definition) is 1. The number of ether oxygens (including phenoxy) is 2. The number of methoxy groups -OCH3 is 1. The molecule has 0 bridgehead atoms. The van der Waals surface area contributed by atoms with Gasteiger partial charge in [-0.25, -0.2) is 9.78 Å². The van der Waals surface area contributed by atoms with Crippen LogP contribution in [-0.2, 0) is 11.3 Å². The molecule has 0 aliphatic carbocycles. The molecule has 0 atom stereocenters. The molecule has 2 aromatic carbocycles. The predicted molar refractivity (Wildman–Crippen MR) is 98.5 cm³/mol. The quantitative estimate of drug-likeness (QED) is 0.672. The molecule has 0 unspecified atom stereocenters. The molecule has 0 saturated heterocycles. The van der Waals surface area contributed by atoms with Crippen molar-refractivity contribution in [2.75, 3.05) is 7.11 Å². The fourth-order valence-corrected chi connectivity index (χ4v) is 2.55. The molecule has 0 aliphatic heterocycles. The van der Waals surface area contributed by atoms with Crippen molar-refractivity contribution in [3.8, 4) is 22.8 Å². The lowest BCUT2D eigenvalue weighted by atomic mass is 10.1. The van der Waals surface area contributed by atoms with Crippen LogP contribution in [0.1, 0.15) is 16.1 Å². The third kappa shape index (κ3) is 3.95. The molecule has 1 N–H and O–H groups in total. The van der Waals surface area contributed by atoms with Gasteiger partial charge in [-0.1, -0.05) is 48.0 Å². The van der Waals surface area contributed by atoms with Crippen LogP contribution < -0.4 is 4.74 Å². The summed E-state index contributed by atoms with van der Waals surface area (Å²) in [5, 5.41) is 10.6. The third-order valence-corrected chi connectivity index (χ3v) is 4.02. The van der Waals surface area contributed by atoms with E-state index < -0.39 is 5.97 Å². The Morgan fingerprint density at radius 2 is 1.88 bits per heavy atom. The van der Waals surface area contributed by atoms with Crippen molar-refractivity contribution in [2.24, 2.45) is 0 Å². The Bertz CT molecular complexity index is 928. The van der Waals surface area contributed by atoms with Gasteiger partial charge in [0.05, 0.1) is 12.1 Å². The number of carbonyl (C=O) groups excluding carboxylic acids is 1. The van der Waals surface area contributed by atoms with Crippen molar-refractivity contribution in [1.29, 1.82) is 0 Å². The summed E-state index contributed by atoms with van der Waals surface area (Å²) in [7, 11) is 1.27. The Hall–Kier alpha value is -3.05. The fourth-order valence-electron chi connectivity index (χ4n) is 2.38. The number of aromatic nitrogens is 1. The first-order chi connectivity index (χ1) is 12.6. The van der Waals surface area contributed by atoms with Crippen LogP contribution in [-0.4, -0.2) is 23.2 Å². The molecule has 1 heterocycles. The zero-order valence-electron chi connectivity index (χ0n) is 14.0. The Labute approximate surface area is 155 Å². The first-order valence-electron chi connectivity index (χ1n) is 7.83. The molecule has 5 nitrogen and oxygen atoms in total. The molecule has 0 radical (unpaired) electrons. The van der Waals surface area contributed by atoms with E-state index in [0.29, 0.717) is 22.9 Å². The van der Waals surface area contributed by atoms with Gasteiger partial charge in [-0.3, -0.25) is 0 Å². The van der Waals surface area contributed by atoms with Crippen molar-refractivity contribution in [2.45, 2.75) is 6.61 Å². The van der Waals surface area contributed by atoms with Gasteiger partial charge in [0, 0.05) is 5.56 Å². The number of halogens is 1. The number of pyridine rings is 1. The van der Waals surface area contributed by atoms with Gasteiger partial charge in [-0.15, -0.1) is 0 Å². The summed E-state index contributed by atoms with van der Waals surface area (Å²) in [6, 6.07) is 17.5. The number of esters is 1. The van der Waals surface area contributed by atoms with E-state index in [1.807, 2.05) is 30.3 Å². The Kier molecular flexibility index (Phi) is 5.39. The minimum atomic E-state index is -0.583. The van der Waals surface area contributed by atoms with Crippen molar-refractivity contribution >= 4 is 17.6 Å². The number of benzene rings is 2. The number of carbonyl (C=O) groups is 1. The molecule has 3 aromatic rings. The largest absolute Gasteiger partial charge is 0.506 e. The Morgan fingerprint density at radius 1 is 1.12 bits per heavy atom. The molecule has 0 spiro atoms. The highest BCUT2D eigenvalue weighted by molar-refractivity contribution is 6.32. The fraction of sp³-hybridized carbons (Fsp3) is 0.100. The highest BCUT2D eigenvalue weighted by atomic mass is 35.5. The summed E-state index contributed by atoms with van der Waals surface area (Å²) in [5.74, 6) is -0.188. The smallest absolute Gasteiger partial charge is 0.356 e. The van der Waals surface area contributed by atoms with Gasteiger partial charge >= 0.3 is 5.97 Å². The summed E-state index contributed by atoms with van der Waals surface area (Å²) >= 11 is 6.21. The Morgan fingerprint density at radius 3 is 2.62 bits per heavy atom. The Balaban J connectivity index is 1.91. The second-order valence-electron chi connectivity index (χ2n) is 5.48. The maximum atomic E-state index is 11.7. The normalized spacial score (nSPS) is 10.4. The van der Waals surface area contributed by atoms with E-state index in [-0.39, 0.29) is 17.1 Å². The predicted octanol–water partition coefficient (Wildman–Crippen LogP) is 4.47. The first kappa shape index (κ1) is 17.8. The molecule has 0 fully saturated rings. The van der Waals surface area contributed by atoms with Crippen LogP contribution in [0.5, 0.6) is 11.5 Å². The van der Waals surface area contributed by atoms with E-state index in [1.165, 1.54) is 19.2 Å². The van der Waals surface area contributed by atoms with Crippen molar-refractivity contribution in [3.05, 3.63) is 76.9 Å². The molecule has 0 aliphatic rings. The third-order valence-electron chi connectivity index (χ3n) is 3.71. The zero-order valence-corrected chi connectivity index (χ0v) is 14.7. The molecule has 132 valence electrons. The summed E-state index contributed by atoms with van der Waals surface area (Å²) in [5.41, 5.74) is 1.92. The maximum absolute atomic E-state index is 11.7. The summed E-state index contributed by atoms with van der Waals surface area (Å²) in [4.78, 5) is 15.9. The van der Waals surface area contributed by atoms with Crippen LogP contribution in [0, 0.1) is 0 Å². The molecule has 0 saturated carbocycles. The lowest BCUT2D eigenvalue weighted by Crippen LogP contribution is -2.04. The van der Waals surface area contributed by atoms with Crippen LogP contribution in [0.15, 0.2) is 60.7 Å². The molecule has 1 aromatic heterocycles. The van der Waals surface area contributed by atoms with Gasteiger partial charge in [0.25, 0.3) is 0 Å². The molecule has 3 rings (SSSR count). The molecule has 26 heavy (non-hydrogen) atoms. The van der Waals surface area contributed by atoms with Crippen LogP contribution in [0.3, 0.4) is 0 Å². The van der Waals surface area contributed by atoms with Crippen molar-refractivity contribution in [3.63, 3.8) is 0 Å². The summed E-state index contributed by atoms with van der Waals surface area (Å²) < 4.78 is 10.5. The first-order valence-corrected chi connectivity index (χ1v) is 8.21. The van der Waals surface area contributed by atoms with E-state index in [9.17, 15) is 9.90 Å². The molecular formula is C20H16ClNO4. The van der Waals surface area contributed by atoms with E-state index in [2.05, 4.69) is 9.72 Å². The minimum Gasteiger partial charge on any atom is -0.506 e.